The normalized spacial score (nSPS) is 13.4. The number of piperazine rings is 1. The van der Waals surface area contributed by atoms with Crippen molar-refractivity contribution in [3.63, 3.8) is 0 Å². The van der Waals surface area contributed by atoms with Crippen LogP contribution in [0.15, 0.2) is 84.3 Å². The van der Waals surface area contributed by atoms with Crippen molar-refractivity contribution in [3.05, 3.63) is 101 Å². The van der Waals surface area contributed by atoms with Crippen molar-refractivity contribution < 1.29 is 18.7 Å². The summed E-state index contributed by atoms with van der Waals surface area (Å²) in [5.74, 6) is -0.776. The molecule has 0 unspecified atom stereocenters. The highest BCUT2D eigenvalue weighted by Crippen LogP contribution is 2.27. The number of aromatic nitrogens is 5. The average Bonchev–Trinajstić information content (AvgIpc) is 3.52. The van der Waals surface area contributed by atoms with E-state index in [2.05, 4.69) is 27.1 Å². The Morgan fingerprint density at radius 3 is 2.48 bits per heavy atom. The Balaban J connectivity index is 1.41. The molecule has 4 heterocycles. The van der Waals surface area contributed by atoms with Gasteiger partial charge in [0.1, 0.15) is 12.7 Å². The van der Waals surface area contributed by atoms with Crippen LogP contribution in [0.3, 0.4) is 0 Å². The van der Waals surface area contributed by atoms with E-state index in [-0.39, 0.29) is 29.2 Å². The summed E-state index contributed by atoms with van der Waals surface area (Å²) in [7, 11) is 0. The molecule has 3 aromatic heterocycles. The van der Waals surface area contributed by atoms with Crippen molar-refractivity contribution in [3.8, 4) is 11.4 Å². The van der Waals surface area contributed by atoms with Crippen LogP contribution in [0.1, 0.15) is 12.5 Å². The van der Waals surface area contributed by atoms with Gasteiger partial charge in [-0.15, -0.1) is 0 Å². The van der Waals surface area contributed by atoms with Gasteiger partial charge in [0, 0.05) is 37.6 Å². The topological polar surface area (TPSA) is 108 Å². The molecule has 214 valence electrons. The number of anilines is 2. The van der Waals surface area contributed by atoms with Crippen LogP contribution in [0.25, 0.3) is 16.7 Å². The van der Waals surface area contributed by atoms with E-state index in [4.69, 9.17) is 14.5 Å². The van der Waals surface area contributed by atoms with E-state index in [9.17, 15) is 9.59 Å². The van der Waals surface area contributed by atoms with E-state index in [1.807, 2.05) is 47.4 Å². The molecule has 1 aliphatic rings. The van der Waals surface area contributed by atoms with Gasteiger partial charge in [-0.3, -0.25) is 9.36 Å². The molecule has 6 rings (SSSR count). The SMILES string of the molecule is CCOC(=O)Oc1cn(-c2cccc(Cn3cncn3)c2)c2nc(N3CCN(c4ccccc4)CC3)c(F)cc2c1=O. The van der Waals surface area contributed by atoms with E-state index in [0.29, 0.717) is 38.4 Å². The number of para-hydroxylation sites is 1. The molecule has 11 nitrogen and oxygen atoms in total. The third-order valence-corrected chi connectivity index (χ3v) is 7.04. The van der Waals surface area contributed by atoms with Crippen molar-refractivity contribution in [1.29, 1.82) is 0 Å². The van der Waals surface area contributed by atoms with Crippen molar-refractivity contribution in [2.45, 2.75) is 13.5 Å². The number of ether oxygens (including phenoxy) is 2. The summed E-state index contributed by atoms with van der Waals surface area (Å²) in [6.45, 7) is 4.62. The Labute approximate surface area is 240 Å². The van der Waals surface area contributed by atoms with Crippen molar-refractivity contribution in [2.24, 2.45) is 0 Å². The molecule has 42 heavy (non-hydrogen) atoms. The van der Waals surface area contributed by atoms with Crippen LogP contribution < -0.4 is 20.0 Å². The molecule has 0 N–H and O–H groups in total. The van der Waals surface area contributed by atoms with Gasteiger partial charge in [-0.1, -0.05) is 30.3 Å². The number of carbonyl (C=O) groups is 1. The van der Waals surface area contributed by atoms with Gasteiger partial charge in [-0.2, -0.15) is 5.10 Å². The zero-order chi connectivity index (χ0) is 29.1. The van der Waals surface area contributed by atoms with Crippen molar-refractivity contribution in [2.75, 3.05) is 42.6 Å². The summed E-state index contributed by atoms with van der Waals surface area (Å²) in [4.78, 5) is 38.3. The molecule has 12 heteroatoms. The highest BCUT2D eigenvalue weighted by molar-refractivity contribution is 5.81. The lowest BCUT2D eigenvalue weighted by molar-refractivity contribution is 0.104. The molecule has 0 saturated carbocycles. The first-order valence-corrected chi connectivity index (χ1v) is 13.6. The largest absolute Gasteiger partial charge is 0.514 e. The fourth-order valence-corrected chi connectivity index (χ4v) is 5.04. The number of nitrogens with zero attached hydrogens (tertiary/aromatic N) is 7. The lowest BCUT2D eigenvalue weighted by atomic mass is 10.1. The van der Waals surface area contributed by atoms with Crippen molar-refractivity contribution in [1.82, 2.24) is 24.3 Å². The Morgan fingerprint density at radius 2 is 1.74 bits per heavy atom. The molecule has 0 radical (unpaired) electrons. The minimum atomic E-state index is -1.03. The minimum absolute atomic E-state index is 0.0253. The number of benzene rings is 2. The molecular formula is C30H28FN7O4. The summed E-state index contributed by atoms with van der Waals surface area (Å²) in [5, 5.41) is 4.14. The van der Waals surface area contributed by atoms with E-state index in [1.165, 1.54) is 12.5 Å². The number of rotatable bonds is 7. The zero-order valence-electron chi connectivity index (χ0n) is 22.9. The predicted octanol–water partition coefficient (Wildman–Crippen LogP) is 4.03. The van der Waals surface area contributed by atoms with Crippen LogP contribution >= 0.6 is 0 Å². The fourth-order valence-electron chi connectivity index (χ4n) is 5.04. The number of pyridine rings is 2. The van der Waals surface area contributed by atoms with Crippen LogP contribution in [0, 0.1) is 5.82 Å². The zero-order valence-corrected chi connectivity index (χ0v) is 22.9. The molecule has 0 aliphatic carbocycles. The van der Waals surface area contributed by atoms with E-state index >= 15 is 4.39 Å². The van der Waals surface area contributed by atoms with E-state index < -0.39 is 17.4 Å². The predicted molar refractivity (Wildman–Crippen MR) is 155 cm³/mol. The molecule has 1 saturated heterocycles. The van der Waals surface area contributed by atoms with Gasteiger partial charge in [-0.25, -0.2) is 23.8 Å². The van der Waals surface area contributed by atoms with E-state index in [0.717, 1.165) is 17.3 Å². The van der Waals surface area contributed by atoms with Crippen molar-refractivity contribution >= 4 is 28.7 Å². The number of carbonyl (C=O) groups excluding carboxylic acids is 1. The summed E-state index contributed by atoms with van der Waals surface area (Å²) in [6.07, 6.45) is 3.43. The highest BCUT2D eigenvalue weighted by atomic mass is 19.1. The maximum absolute atomic E-state index is 15.6. The van der Waals surface area contributed by atoms with Gasteiger partial charge < -0.3 is 19.3 Å². The highest BCUT2D eigenvalue weighted by Gasteiger charge is 2.24. The number of hydrogen-bond donors (Lipinski definition) is 0. The Kier molecular flexibility index (Phi) is 7.50. The van der Waals surface area contributed by atoms with E-state index in [1.54, 1.807) is 22.5 Å². The summed E-state index contributed by atoms with van der Waals surface area (Å²) < 4.78 is 29.0. The van der Waals surface area contributed by atoms with Crippen LogP contribution in [0.4, 0.5) is 20.7 Å². The van der Waals surface area contributed by atoms with Crippen LogP contribution in [-0.2, 0) is 11.3 Å². The number of hydrogen-bond acceptors (Lipinski definition) is 9. The molecule has 0 bridgehead atoms. The maximum atomic E-state index is 15.6. The van der Waals surface area contributed by atoms with Gasteiger partial charge >= 0.3 is 6.16 Å². The molecule has 1 aliphatic heterocycles. The second kappa shape index (κ2) is 11.7. The molecule has 0 atom stereocenters. The second-order valence-electron chi connectivity index (χ2n) is 9.72. The first-order chi connectivity index (χ1) is 20.5. The van der Waals surface area contributed by atoms with Crippen LogP contribution in [-0.4, -0.2) is 63.3 Å². The molecule has 0 spiro atoms. The third-order valence-electron chi connectivity index (χ3n) is 7.04. The standard InChI is InChI=1S/C30H28FN7O4/c1-2-41-30(40)42-26-18-38(23-10-6-7-21(15-23)17-37-20-32-19-33-37)28-24(27(26)39)16-25(31)29(34-28)36-13-11-35(12-14-36)22-8-4-3-5-9-22/h3-10,15-16,18-20H,2,11-14,17H2,1H3. The smallest absolute Gasteiger partial charge is 0.434 e. The Morgan fingerprint density at radius 1 is 0.976 bits per heavy atom. The van der Waals surface area contributed by atoms with Gasteiger partial charge in [-0.05, 0) is 42.8 Å². The second-order valence-corrected chi connectivity index (χ2v) is 9.72. The van der Waals surface area contributed by atoms with Gasteiger partial charge in [0.05, 0.1) is 24.7 Å². The molecular weight excluding hydrogens is 541 g/mol. The average molecular weight is 570 g/mol. The first kappa shape index (κ1) is 26.9. The minimum Gasteiger partial charge on any atom is -0.434 e. The summed E-state index contributed by atoms with van der Waals surface area (Å²) >= 11 is 0. The lowest BCUT2D eigenvalue weighted by Gasteiger charge is -2.36. The van der Waals surface area contributed by atoms with Crippen LogP contribution in [0.2, 0.25) is 0 Å². The number of fused-ring (bicyclic) bond motifs is 1. The molecule has 0 amide bonds. The monoisotopic (exact) mass is 569 g/mol. The fraction of sp³-hybridized carbons (Fsp3) is 0.233. The maximum Gasteiger partial charge on any atom is 0.514 e. The molecule has 5 aromatic rings. The Bertz CT molecular complexity index is 1770. The first-order valence-electron chi connectivity index (χ1n) is 13.6. The quantitative estimate of drug-likeness (QED) is 0.269. The molecule has 2 aromatic carbocycles. The summed E-state index contributed by atoms with van der Waals surface area (Å²) in [6, 6.07) is 18.7. The number of halogens is 1. The van der Waals surface area contributed by atoms with Gasteiger partial charge in [0.25, 0.3) is 0 Å². The van der Waals surface area contributed by atoms with Crippen LogP contribution in [0.5, 0.6) is 5.75 Å². The van der Waals surface area contributed by atoms with Gasteiger partial charge in [0.15, 0.2) is 23.0 Å². The summed E-state index contributed by atoms with van der Waals surface area (Å²) in [5.41, 5.74) is 2.20. The molecule has 1 fully saturated rings. The third kappa shape index (κ3) is 5.51. The lowest BCUT2D eigenvalue weighted by Crippen LogP contribution is -2.47. The van der Waals surface area contributed by atoms with Gasteiger partial charge in [0.2, 0.25) is 5.43 Å². The Hall–Kier alpha value is -5.26.